The molecule has 0 spiro atoms. The van der Waals surface area contributed by atoms with Gasteiger partial charge in [0.1, 0.15) is 18.6 Å². The maximum absolute atomic E-state index is 5.31. The highest BCUT2D eigenvalue weighted by Gasteiger charge is 2.23. The van der Waals surface area contributed by atoms with Crippen molar-refractivity contribution >= 4 is 5.96 Å². The molecule has 8 heteroatoms. The Labute approximate surface area is 167 Å². The highest BCUT2D eigenvalue weighted by Crippen LogP contribution is 2.26. The van der Waals surface area contributed by atoms with Crippen LogP contribution in [-0.2, 0) is 13.6 Å². The van der Waals surface area contributed by atoms with Crippen LogP contribution in [0.3, 0.4) is 0 Å². The third-order valence-electron chi connectivity index (χ3n) is 5.07. The maximum Gasteiger partial charge on any atom is 0.191 e. The fourth-order valence-electron chi connectivity index (χ4n) is 3.47. The molecule has 2 heterocycles. The van der Waals surface area contributed by atoms with E-state index in [2.05, 4.69) is 49.8 Å². The number of rotatable bonds is 8. The Bertz CT molecular complexity index is 750. The van der Waals surface area contributed by atoms with Crippen LogP contribution in [0.4, 0.5) is 0 Å². The summed E-state index contributed by atoms with van der Waals surface area (Å²) in [6, 6.07) is 8.68. The van der Waals surface area contributed by atoms with E-state index in [1.54, 1.807) is 13.4 Å². The first kappa shape index (κ1) is 20.1. The van der Waals surface area contributed by atoms with Crippen molar-refractivity contribution < 1.29 is 4.74 Å². The fraction of sp³-hybridized carbons (Fsp3) is 0.550. The van der Waals surface area contributed by atoms with Crippen LogP contribution in [0.15, 0.2) is 35.6 Å². The number of benzene rings is 1. The summed E-state index contributed by atoms with van der Waals surface area (Å²) in [5, 5.41) is 14.9. The summed E-state index contributed by atoms with van der Waals surface area (Å²) in [7, 11) is 3.63. The zero-order valence-corrected chi connectivity index (χ0v) is 17.1. The average molecular weight is 386 g/mol. The van der Waals surface area contributed by atoms with Crippen LogP contribution in [0.5, 0.6) is 5.75 Å². The number of aromatic nitrogens is 3. The first-order chi connectivity index (χ1) is 13.7. The molecule has 1 aliphatic heterocycles. The number of nitrogens with one attached hydrogen (secondary N) is 2. The van der Waals surface area contributed by atoms with E-state index in [-0.39, 0.29) is 0 Å². The number of likely N-dealkylation sites (tertiary alicyclic amines) is 1. The molecule has 1 aromatic heterocycles. The van der Waals surface area contributed by atoms with Crippen molar-refractivity contribution in [2.24, 2.45) is 12.0 Å². The van der Waals surface area contributed by atoms with Gasteiger partial charge in [0.2, 0.25) is 0 Å². The third kappa shape index (κ3) is 5.22. The molecule has 1 saturated heterocycles. The first-order valence-electron chi connectivity index (χ1n) is 9.94. The van der Waals surface area contributed by atoms with Gasteiger partial charge in [0.05, 0.1) is 13.2 Å². The molecular weight excluding hydrogens is 354 g/mol. The van der Waals surface area contributed by atoms with Crippen LogP contribution in [0.25, 0.3) is 0 Å². The average Bonchev–Trinajstić information content (AvgIpc) is 3.39. The minimum absolute atomic E-state index is 0.298. The number of guanidine groups is 1. The lowest BCUT2D eigenvalue weighted by molar-refractivity contribution is 0.245. The number of aliphatic imine (C=N–C) groups is 1. The standard InChI is InChI=1S/C20H31N7O/c1-4-21-20(23-14-19-25-24-15-26(19)2)22-13-18(27-11-5-6-12-27)16-7-9-17(28-3)10-8-16/h7-10,15,18H,4-6,11-14H2,1-3H3,(H2,21,22,23). The summed E-state index contributed by atoms with van der Waals surface area (Å²) in [6.07, 6.45) is 4.21. The van der Waals surface area contributed by atoms with E-state index in [1.165, 1.54) is 18.4 Å². The second-order valence-electron chi connectivity index (χ2n) is 6.97. The van der Waals surface area contributed by atoms with Crippen LogP contribution in [0, 0.1) is 0 Å². The van der Waals surface area contributed by atoms with Gasteiger partial charge in [-0.1, -0.05) is 12.1 Å². The van der Waals surface area contributed by atoms with Gasteiger partial charge in [-0.2, -0.15) is 0 Å². The van der Waals surface area contributed by atoms with E-state index < -0.39 is 0 Å². The van der Waals surface area contributed by atoms with Crippen molar-refractivity contribution in [3.63, 3.8) is 0 Å². The Balaban J connectivity index is 1.69. The van der Waals surface area contributed by atoms with E-state index >= 15 is 0 Å². The van der Waals surface area contributed by atoms with Gasteiger partial charge in [0, 0.05) is 20.1 Å². The highest BCUT2D eigenvalue weighted by atomic mass is 16.5. The van der Waals surface area contributed by atoms with Gasteiger partial charge in [0.25, 0.3) is 0 Å². The van der Waals surface area contributed by atoms with Gasteiger partial charge >= 0.3 is 0 Å². The summed E-state index contributed by atoms with van der Waals surface area (Å²) in [5.41, 5.74) is 1.29. The molecule has 0 amide bonds. The molecule has 0 radical (unpaired) electrons. The van der Waals surface area contributed by atoms with E-state index in [0.717, 1.165) is 43.7 Å². The predicted octanol–water partition coefficient (Wildman–Crippen LogP) is 1.72. The number of ether oxygens (including phenoxy) is 1. The molecule has 1 aliphatic rings. The molecule has 3 rings (SSSR count). The topological polar surface area (TPSA) is 79.6 Å². The monoisotopic (exact) mass is 385 g/mol. The number of aryl methyl sites for hydroxylation is 1. The van der Waals surface area contributed by atoms with E-state index in [0.29, 0.717) is 12.6 Å². The number of nitrogens with zero attached hydrogens (tertiary/aromatic N) is 5. The zero-order chi connectivity index (χ0) is 19.8. The summed E-state index contributed by atoms with van der Waals surface area (Å²) in [4.78, 5) is 7.21. The van der Waals surface area contributed by atoms with E-state index in [1.807, 2.05) is 23.7 Å². The van der Waals surface area contributed by atoms with Crippen LogP contribution >= 0.6 is 0 Å². The molecule has 2 aromatic rings. The smallest absolute Gasteiger partial charge is 0.191 e. The Hall–Kier alpha value is -2.61. The summed E-state index contributed by atoms with van der Waals surface area (Å²) in [5.74, 6) is 2.52. The summed E-state index contributed by atoms with van der Waals surface area (Å²) in [6.45, 7) is 6.41. The summed E-state index contributed by atoms with van der Waals surface area (Å²) >= 11 is 0. The van der Waals surface area contributed by atoms with Crippen LogP contribution in [-0.4, -0.2) is 58.9 Å². The highest BCUT2D eigenvalue weighted by molar-refractivity contribution is 5.79. The normalized spacial score (nSPS) is 16.2. The molecule has 8 nitrogen and oxygen atoms in total. The second-order valence-corrected chi connectivity index (χ2v) is 6.97. The minimum atomic E-state index is 0.298. The zero-order valence-electron chi connectivity index (χ0n) is 17.1. The van der Waals surface area contributed by atoms with Gasteiger partial charge in [0.15, 0.2) is 11.8 Å². The number of hydrogen-bond acceptors (Lipinski definition) is 5. The van der Waals surface area contributed by atoms with Crippen LogP contribution in [0.1, 0.15) is 37.2 Å². The molecule has 1 atom stereocenters. The lowest BCUT2D eigenvalue weighted by Crippen LogP contribution is -2.42. The van der Waals surface area contributed by atoms with Crippen LogP contribution < -0.4 is 15.4 Å². The van der Waals surface area contributed by atoms with Crippen molar-refractivity contribution in [3.05, 3.63) is 42.0 Å². The first-order valence-corrected chi connectivity index (χ1v) is 9.94. The molecule has 28 heavy (non-hydrogen) atoms. The van der Waals surface area contributed by atoms with Gasteiger partial charge in [-0.25, -0.2) is 4.99 Å². The third-order valence-corrected chi connectivity index (χ3v) is 5.07. The molecule has 0 bridgehead atoms. The molecule has 1 fully saturated rings. The molecule has 152 valence electrons. The summed E-state index contributed by atoms with van der Waals surface area (Å²) < 4.78 is 7.20. The van der Waals surface area contributed by atoms with Crippen molar-refractivity contribution in [1.29, 1.82) is 0 Å². The van der Waals surface area contributed by atoms with Gasteiger partial charge < -0.3 is 19.9 Å². The lowest BCUT2D eigenvalue weighted by atomic mass is 10.1. The van der Waals surface area contributed by atoms with Crippen molar-refractivity contribution in [3.8, 4) is 5.75 Å². The molecular formula is C20H31N7O. The number of hydrogen-bond donors (Lipinski definition) is 2. The van der Waals surface area contributed by atoms with E-state index in [9.17, 15) is 0 Å². The lowest BCUT2D eigenvalue weighted by Gasteiger charge is -2.29. The largest absolute Gasteiger partial charge is 0.497 e. The maximum atomic E-state index is 5.31. The second kappa shape index (κ2) is 10.1. The van der Waals surface area contributed by atoms with E-state index in [4.69, 9.17) is 4.74 Å². The Morgan fingerprint density at radius 1 is 1.21 bits per heavy atom. The van der Waals surface area contributed by atoms with Crippen LogP contribution in [0.2, 0.25) is 0 Å². The number of methoxy groups -OCH3 is 1. The molecule has 1 aromatic carbocycles. The van der Waals surface area contributed by atoms with Gasteiger partial charge in [-0.15, -0.1) is 10.2 Å². The SMILES string of the molecule is CCNC(=NCc1nncn1C)NCC(c1ccc(OC)cc1)N1CCCC1. The predicted molar refractivity (Wildman–Crippen MR) is 110 cm³/mol. The van der Waals surface area contributed by atoms with Gasteiger partial charge in [-0.3, -0.25) is 4.90 Å². The molecule has 2 N–H and O–H groups in total. The molecule has 1 unspecified atom stereocenters. The van der Waals surface area contributed by atoms with Crippen molar-refractivity contribution in [2.75, 3.05) is 33.3 Å². The fourth-order valence-corrected chi connectivity index (χ4v) is 3.47. The van der Waals surface area contributed by atoms with Crippen molar-refractivity contribution in [1.82, 2.24) is 30.3 Å². The minimum Gasteiger partial charge on any atom is -0.497 e. The Morgan fingerprint density at radius 2 is 1.96 bits per heavy atom. The Morgan fingerprint density at radius 3 is 2.57 bits per heavy atom. The Kier molecular flexibility index (Phi) is 7.25. The quantitative estimate of drug-likeness (QED) is 0.532. The molecule has 0 aliphatic carbocycles. The molecule has 0 saturated carbocycles. The van der Waals surface area contributed by atoms with Gasteiger partial charge in [-0.05, 0) is 50.6 Å². The van der Waals surface area contributed by atoms with Crippen molar-refractivity contribution in [2.45, 2.75) is 32.4 Å².